The monoisotopic (exact) mass is 243 g/mol. The summed E-state index contributed by atoms with van der Waals surface area (Å²) in [4.78, 5) is 7.89. The van der Waals surface area contributed by atoms with Crippen molar-refractivity contribution in [3.63, 3.8) is 0 Å². The van der Waals surface area contributed by atoms with Crippen molar-refractivity contribution in [1.82, 2.24) is 4.90 Å². The molecular formula is C14H17N3O. The highest BCUT2D eigenvalue weighted by atomic mass is 16.8. The van der Waals surface area contributed by atoms with Crippen LogP contribution in [0, 0.1) is 12.3 Å². The van der Waals surface area contributed by atoms with Crippen molar-refractivity contribution in [1.29, 1.82) is 0 Å². The Kier molecular flexibility index (Phi) is 3.09. The summed E-state index contributed by atoms with van der Waals surface area (Å²) in [6.45, 7) is 2.83. The van der Waals surface area contributed by atoms with Gasteiger partial charge in [0, 0.05) is 13.1 Å². The van der Waals surface area contributed by atoms with E-state index in [4.69, 9.17) is 11.4 Å². The third-order valence-electron chi connectivity index (χ3n) is 3.60. The molecule has 1 aromatic carbocycles. The third kappa shape index (κ3) is 2.03. The summed E-state index contributed by atoms with van der Waals surface area (Å²) in [5.74, 6) is 2.71. The predicted molar refractivity (Wildman–Crippen MR) is 71.9 cm³/mol. The number of anilines is 2. The SMILES string of the molecule is C#CCN1CCC(N2ONc3ccccc32)CC1. The summed E-state index contributed by atoms with van der Waals surface area (Å²) in [5.41, 5.74) is 5.14. The summed E-state index contributed by atoms with van der Waals surface area (Å²) >= 11 is 0. The van der Waals surface area contributed by atoms with Crippen LogP contribution >= 0.6 is 0 Å². The van der Waals surface area contributed by atoms with Crippen LogP contribution in [0.1, 0.15) is 12.8 Å². The molecule has 2 heterocycles. The Labute approximate surface area is 107 Å². The number of para-hydroxylation sites is 2. The Balaban J connectivity index is 1.66. The van der Waals surface area contributed by atoms with E-state index in [9.17, 15) is 0 Å². The fourth-order valence-electron chi connectivity index (χ4n) is 2.61. The first-order valence-electron chi connectivity index (χ1n) is 6.35. The first kappa shape index (κ1) is 11.4. The average Bonchev–Trinajstić information content (AvgIpc) is 2.84. The summed E-state index contributed by atoms with van der Waals surface area (Å²) in [5, 5.41) is 2.00. The van der Waals surface area contributed by atoms with Crippen LogP contribution in [-0.2, 0) is 4.94 Å². The maximum absolute atomic E-state index is 5.58. The molecule has 4 nitrogen and oxygen atoms in total. The molecule has 4 heteroatoms. The molecule has 0 spiro atoms. The van der Waals surface area contributed by atoms with E-state index in [-0.39, 0.29) is 0 Å². The molecule has 0 radical (unpaired) electrons. The highest BCUT2D eigenvalue weighted by molar-refractivity contribution is 5.71. The Bertz CT molecular complexity index is 460. The van der Waals surface area contributed by atoms with Gasteiger partial charge in [-0.05, 0) is 25.0 Å². The Hall–Kier alpha value is -1.70. The van der Waals surface area contributed by atoms with Gasteiger partial charge >= 0.3 is 0 Å². The van der Waals surface area contributed by atoms with Gasteiger partial charge in [-0.2, -0.15) is 4.94 Å². The lowest BCUT2D eigenvalue weighted by Gasteiger charge is -2.35. The van der Waals surface area contributed by atoms with Gasteiger partial charge in [-0.3, -0.25) is 4.90 Å². The number of fused-ring (bicyclic) bond motifs is 1. The molecule has 18 heavy (non-hydrogen) atoms. The van der Waals surface area contributed by atoms with Crippen LogP contribution in [0.5, 0.6) is 0 Å². The summed E-state index contributed by atoms with van der Waals surface area (Å²) in [7, 11) is 0. The molecule has 1 saturated heterocycles. The van der Waals surface area contributed by atoms with Crippen molar-refractivity contribution in [3.8, 4) is 12.3 Å². The minimum absolute atomic E-state index is 0.426. The summed E-state index contributed by atoms with van der Waals surface area (Å²) in [6.07, 6.45) is 7.50. The number of benzene rings is 1. The molecule has 0 bridgehead atoms. The number of piperidine rings is 1. The minimum Gasteiger partial charge on any atom is -0.292 e. The Morgan fingerprint density at radius 1 is 1.33 bits per heavy atom. The Morgan fingerprint density at radius 3 is 2.89 bits per heavy atom. The third-order valence-corrected chi connectivity index (χ3v) is 3.60. The first-order chi connectivity index (χ1) is 8.88. The van der Waals surface area contributed by atoms with Crippen molar-refractivity contribution in [2.24, 2.45) is 0 Å². The van der Waals surface area contributed by atoms with Gasteiger partial charge in [-0.25, -0.2) is 10.5 Å². The second kappa shape index (κ2) is 4.89. The Morgan fingerprint density at radius 2 is 2.11 bits per heavy atom. The van der Waals surface area contributed by atoms with E-state index in [1.54, 1.807) is 0 Å². The molecular weight excluding hydrogens is 226 g/mol. The normalized spacial score (nSPS) is 20.3. The number of nitrogens with one attached hydrogen (secondary N) is 1. The summed E-state index contributed by atoms with van der Waals surface area (Å²) < 4.78 is 0. The first-order valence-corrected chi connectivity index (χ1v) is 6.35. The topological polar surface area (TPSA) is 27.7 Å². The number of terminal acetylenes is 1. The molecule has 0 aliphatic carbocycles. The maximum atomic E-state index is 5.58. The number of nitrogens with zero attached hydrogens (tertiary/aromatic N) is 2. The van der Waals surface area contributed by atoms with Crippen molar-refractivity contribution in [3.05, 3.63) is 24.3 Å². The zero-order chi connectivity index (χ0) is 12.4. The van der Waals surface area contributed by atoms with E-state index in [2.05, 4.69) is 22.4 Å². The molecule has 0 atom stereocenters. The number of rotatable bonds is 2. The molecule has 2 aliphatic heterocycles. The quantitative estimate of drug-likeness (QED) is 0.802. The van der Waals surface area contributed by atoms with Gasteiger partial charge in [-0.1, -0.05) is 18.1 Å². The van der Waals surface area contributed by atoms with Crippen molar-refractivity contribution < 1.29 is 4.94 Å². The van der Waals surface area contributed by atoms with Gasteiger partial charge < -0.3 is 0 Å². The molecule has 1 N–H and O–H groups in total. The van der Waals surface area contributed by atoms with Crippen LogP contribution in [-0.4, -0.2) is 30.6 Å². The predicted octanol–water partition coefficient (Wildman–Crippen LogP) is 1.86. The number of hydrogen-bond acceptors (Lipinski definition) is 4. The van der Waals surface area contributed by atoms with Gasteiger partial charge in [0.1, 0.15) is 0 Å². The van der Waals surface area contributed by atoms with Crippen LogP contribution in [0.3, 0.4) is 0 Å². The zero-order valence-electron chi connectivity index (χ0n) is 10.3. The molecule has 0 aromatic heterocycles. The molecule has 0 unspecified atom stereocenters. The van der Waals surface area contributed by atoms with Crippen LogP contribution in [0.25, 0.3) is 0 Å². The maximum Gasteiger partial charge on any atom is 0.0919 e. The molecule has 3 rings (SSSR count). The smallest absolute Gasteiger partial charge is 0.0919 e. The van der Waals surface area contributed by atoms with Gasteiger partial charge in [-0.15, -0.1) is 6.42 Å². The average molecular weight is 243 g/mol. The molecule has 0 saturated carbocycles. The highest BCUT2D eigenvalue weighted by Gasteiger charge is 2.30. The van der Waals surface area contributed by atoms with Gasteiger partial charge in [0.25, 0.3) is 0 Å². The molecule has 1 fully saturated rings. The molecule has 0 amide bonds. The zero-order valence-corrected chi connectivity index (χ0v) is 10.3. The van der Waals surface area contributed by atoms with Crippen LogP contribution in [0.2, 0.25) is 0 Å². The number of hydroxylamine groups is 1. The van der Waals surface area contributed by atoms with E-state index >= 15 is 0 Å². The lowest BCUT2D eigenvalue weighted by Crippen LogP contribution is -2.44. The van der Waals surface area contributed by atoms with Crippen LogP contribution < -0.4 is 10.5 Å². The minimum atomic E-state index is 0.426. The molecule has 1 aromatic rings. The van der Waals surface area contributed by atoms with Gasteiger partial charge in [0.05, 0.1) is 24.0 Å². The van der Waals surface area contributed by atoms with E-state index in [0.717, 1.165) is 43.9 Å². The van der Waals surface area contributed by atoms with Crippen molar-refractivity contribution >= 4 is 11.4 Å². The fraction of sp³-hybridized carbons (Fsp3) is 0.429. The highest BCUT2D eigenvalue weighted by Crippen LogP contribution is 2.35. The number of likely N-dealkylation sites (tertiary alicyclic amines) is 1. The molecule has 94 valence electrons. The lowest BCUT2D eigenvalue weighted by atomic mass is 10.0. The van der Waals surface area contributed by atoms with E-state index in [1.807, 2.05) is 23.3 Å². The van der Waals surface area contributed by atoms with Gasteiger partial charge in [0.2, 0.25) is 0 Å². The van der Waals surface area contributed by atoms with E-state index in [1.165, 1.54) is 0 Å². The van der Waals surface area contributed by atoms with Crippen molar-refractivity contribution in [2.75, 3.05) is 30.2 Å². The van der Waals surface area contributed by atoms with Gasteiger partial charge in [0.15, 0.2) is 0 Å². The van der Waals surface area contributed by atoms with E-state index < -0.39 is 0 Å². The number of hydrogen-bond donors (Lipinski definition) is 1. The van der Waals surface area contributed by atoms with E-state index in [0.29, 0.717) is 6.04 Å². The van der Waals surface area contributed by atoms with Crippen LogP contribution in [0.4, 0.5) is 11.4 Å². The lowest BCUT2D eigenvalue weighted by molar-refractivity contribution is 0.116. The standard InChI is InChI=1S/C14H17N3O/c1-2-9-16-10-7-12(8-11-16)17-14-6-4-3-5-13(14)15-18-17/h1,3-6,12,15H,7-11H2. The summed E-state index contributed by atoms with van der Waals surface area (Å²) in [6, 6.07) is 8.59. The molecule has 2 aliphatic rings. The fourth-order valence-corrected chi connectivity index (χ4v) is 2.61. The second-order valence-electron chi connectivity index (χ2n) is 4.75. The van der Waals surface area contributed by atoms with Crippen LogP contribution in [0.15, 0.2) is 24.3 Å². The van der Waals surface area contributed by atoms with Crippen molar-refractivity contribution in [2.45, 2.75) is 18.9 Å². The largest absolute Gasteiger partial charge is 0.292 e. The second-order valence-corrected chi connectivity index (χ2v) is 4.75.